The molecule has 25 heavy (non-hydrogen) atoms. The quantitative estimate of drug-likeness (QED) is 0.518. The summed E-state index contributed by atoms with van der Waals surface area (Å²) in [6.07, 6.45) is 0. The van der Waals surface area contributed by atoms with Crippen molar-refractivity contribution < 1.29 is 9.66 Å². The van der Waals surface area contributed by atoms with Gasteiger partial charge in [0.05, 0.1) is 25.9 Å². The Morgan fingerprint density at radius 3 is 2.48 bits per heavy atom. The highest BCUT2D eigenvalue weighted by Crippen LogP contribution is 2.36. The minimum Gasteiger partial charge on any atom is -0.483 e. The van der Waals surface area contributed by atoms with Crippen LogP contribution in [0.25, 0.3) is 10.9 Å². The number of nitrogens with one attached hydrogen (secondary N) is 1. The van der Waals surface area contributed by atoms with Crippen molar-refractivity contribution in [1.82, 2.24) is 9.97 Å². The van der Waals surface area contributed by atoms with Crippen molar-refractivity contribution >= 4 is 51.4 Å². The van der Waals surface area contributed by atoms with Crippen molar-refractivity contribution in [2.24, 2.45) is 0 Å². The van der Waals surface area contributed by atoms with E-state index in [0.717, 1.165) is 0 Å². The van der Waals surface area contributed by atoms with E-state index in [9.17, 15) is 14.9 Å². The molecule has 0 saturated carbocycles. The first-order valence-corrected chi connectivity index (χ1v) is 7.93. The first-order chi connectivity index (χ1) is 11.8. The van der Waals surface area contributed by atoms with Crippen molar-refractivity contribution in [3.05, 3.63) is 71.7 Å². The molecule has 1 aromatic heterocycles. The summed E-state index contributed by atoms with van der Waals surface area (Å²) < 4.78 is 5.51. The Labute approximate surface area is 155 Å². The molecule has 7 nitrogen and oxygen atoms in total. The number of fused-ring (bicyclic) bond motifs is 1. The summed E-state index contributed by atoms with van der Waals surface area (Å²) in [4.78, 5) is 29.1. The first kappa shape index (κ1) is 17.5. The topological polar surface area (TPSA) is 98.1 Å². The molecule has 0 aliphatic carbocycles. The van der Waals surface area contributed by atoms with E-state index in [1.807, 2.05) is 0 Å². The van der Waals surface area contributed by atoms with Crippen molar-refractivity contribution in [2.45, 2.75) is 6.61 Å². The van der Waals surface area contributed by atoms with Crippen LogP contribution < -0.4 is 10.3 Å². The van der Waals surface area contributed by atoms with Crippen LogP contribution >= 0.6 is 34.8 Å². The standard InChI is InChI=1S/C15H8Cl3N3O4/c16-7-3-10(17)14(11(18)4-7)25-6-13-19-12-2-1-8(21(23)24)5-9(12)15(22)20-13/h1-5H,6H2,(H,19,20,22). The average Bonchev–Trinajstić information content (AvgIpc) is 2.53. The zero-order valence-corrected chi connectivity index (χ0v) is 14.5. The summed E-state index contributed by atoms with van der Waals surface area (Å²) in [5, 5.41) is 11.7. The highest BCUT2D eigenvalue weighted by molar-refractivity contribution is 6.40. The second-order valence-electron chi connectivity index (χ2n) is 4.96. The van der Waals surface area contributed by atoms with Crippen LogP contribution in [0.15, 0.2) is 35.1 Å². The van der Waals surface area contributed by atoms with E-state index in [4.69, 9.17) is 39.5 Å². The van der Waals surface area contributed by atoms with Gasteiger partial charge in [-0.25, -0.2) is 4.98 Å². The van der Waals surface area contributed by atoms with Gasteiger partial charge < -0.3 is 9.72 Å². The largest absolute Gasteiger partial charge is 0.483 e. The molecule has 3 rings (SSSR count). The fourth-order valence-corrected chi connectivity index (χ4v) is 3.09. The van der Waals surface area contributed by atoms with E-state index in [1.165, 1.54) is 30.3 Å². The molecule has 0 fully saturated rings. The third-order valence-electron chi connectivity index (χ3n) is 3.27. The summed E-state index contributed by atoms with van der Waals surface area (Å²) >= 11 is 17.9. The van der Waals surface area contributed by atoms with E-state index >= 15 is 0 Å². The molecule has 0 radical (unpaired) electrons. The lowest BCUT2D eigenvalue weighted by Gasteiger charge is -2.10. The van der Waals surface area contributed by atoms with Gasteiger partial charge in [-0.2, -0.15) is 0 Å². The number of nitro benzene ring substituents is 1. The fraction of sp³-hybridized carbons (Fsp3) is 0.0667. The van der Waals surface area contributed by atoms with Crippen LogP contribution in [0.4, 0.5) is 5.69 Å². The van der Waals surface area contributed by atoms with Gasteiger partial charge in [0.2, 0.25) is 0 Å². The Bertz CT molecular complexity index is 1030. The lowest BCUT2D eigenvalue weighted by Crippen LogP contribution is -2.14. The van der Waals surface area contributed by atoms with Gasteiger partial charge >= 0.3 is 0 Å². The van der Waals surface area contributed by atoms with Gasteiger partial charge in [0, 0.05) is 17.2 Å². The van der Waals surface area contributed by atoms with Gasteiger partial charge in [0.15, 0.2) is 5.75 Å². The van der Waals surface area contributed by atoms with Crippen molar-refractivity contribution in [1.29, 1.82) is 0 Å². The predicted octanol–water partition coefficient (Wildman–Crippen LogP) is 4.37. The minimum atomic E-state index is -0.583. The summed E-state index contributed by atoms with van der Waals surface area (Å²) in [6, 6.07) is 6.78. The molecule has 0 atom stereocenters. The van der Waals surface area contributed by atoms with E-state index < -0.39 is 10.5 Å². The Balaban J connectivity index is 1.92. The molecule has 0 amide bonds. The first-order valence-electron chi connectivity index (χ1n) is 6.80. The molecule has 1 heterocycles. The van der Waals surface area contributed by atoms with Gasteiger partial charge in [0.1, 0.15) is 12.4 Å². The Hall–Kier alpha value is -2.35. The third-order valence-corrected chi connectivity index (χ3v) is 4.04. The summed E-state index contributed by atoms with van der Waals surface area (Å²) in [5.74, 6) is 0.424. The number of halogens is 3. The highest BCUT2D eigenvalue weighted by Gasteiger charge is 2.13. The Morgan fingerprint density at radius 2 is 1.84 bits per heavy atom. The normalized spacial score (nSPS) is 10.8. The maximum absolute atomic E-state index is 12.1. The van der Waals surface area contributed by atoms with E-state index in [-0.39, 0.29) is 39.3 Å². The molecular formula is C15H8Cl3N3O4. The SMILES string of the molecule is O=c1[nH]c(COc2c(Cl)cc(Cl)cc2Cl)nc2ccc([N+](=O)[O-])cc12. The van der Waals surface area contributed by atoms with Crippen LogP contribution in [0, 0.1) is 10.1 Å². The molecule has 0 spiro atoms. The average molecular weight is 401 g/mol. The lowest BCUT2D eigenvalue weighted by atomic mass is 10.2. The zero-order valence-electron chi connectivity index (χ0n) is 12.3. The second kappa shape index (κ2) is 6.87. The number of non-ortho nitro benzene ring substituents is 1. The summed E-state index contributed by atoms with van der Waals surface area (Å²) in [6.45, 7) is -0.108. The number of aromatic amines is 1. The van der Waals surface area contributed by atoms with E-state index in [2.05, 4.69) is 9.97 Å². The number of hydrogen-bond acceptors (Lipinski definition) is 5. The van der Waals surface area contributed by atoms with Gasteiger partial charge in [0.25, 0.3) is 11.2 Å². The van der Waals surface area contributed by atoms with Gasteiger partial charge in [-0.05, 0) is 18.2 Å². The van der Waals surface area contributed by atoms with Crippen LogP contribution in [0.5, 0.6) is 5.75 Å². The molecule has 0 aliphatic rings. The molecule has 1 N–H and O–H groups in total. The minimum absolute atomic E-state index is 0.108. The fourth-order valence-electron chi connectivity index (χ4n) is 2.16. The molecule has 0 aliphatic heterocycles. The molecule has 0 unspecified atom stereocenters. The van der Waals surface area contributed by atoms with Crippen LogP contribution in [0.3, 0.4) is 0 Å². The number of aromatic nitrogens is 2. The molecule has 128 valence electrons. The number of ether oxygens (including phenoxy) is 1. The number of rotatable bonds is 4. The Kier molecular flexibility index (Phi) is 4.80. The summed E-state index contributed by atoms with van der Waals surface area (Å²) in [7, 11) is 0. The van der Waals surface area contributed by atoms with E-state index in [1.54, 1.807) is 0 Å². The zero-order chi connectivity index (χ0) is 18.1. The van der Waals surface area contributed by atoms with E-state index in [0.29, 0.717) is 10.5 Å². The Morgan fingerprint density at radius 1 is 1.16 bits per heavy atom. The van der Waals surface area contributed by atoms with Crippen LogP contribution in [-0.4, -0.2) is 14.9 Å². The lowest BCUT2D eigenvalue weighted by molar-refractivity contribution is -0.384. The number of benzene rings is 2. The van der Waals surface area contributed by atoms with Crippen LogP contribution in [0.1, 0.15) is 5.82 Å². The van der Waals surface area contributed by atoms with Gasteiger partial charge in [-0.3, -0.25) is 14.9 Å². The third kappa shape index (κ3) is 3.68. The van der Waals surface area contributed by atoms with Crippen LogP contribution in [0.2, 0.25) is 15.1 Å². The maximum Gasteiger partial charge on any atom is 0.270 e. The van der Waals surface area contributed by atoms with Crippen LogP contribution in [-0.2, 0) is 6.61 Å². The van der Waals surface area contributed by atoms with Crippen molar-refractivity contribution in [2.75, 3.05) is 0 Å². The molecule has 3 aromatic rings. The molecular weight excluding hydrogens is 393 g/mol. The molecule has 2 aromatic carbocycles. The highest BCUT2D eigenvalue weighted by atomic mass is 35.5. The smallest absolute Gasteiger partial charge is 0.270 e. The monoisotopic (exact) mass is 399 g/mol. The number of H-pyrrole nitrogens is 1. The number of nitrogens with zero attached hydrogens (tertiary/aromatic N) is 2. The van der Waals surface area contributed by atoms with Crippen molar-refractivity contribution in [3.8, 4) is 5.75 Å². The second-order valence-corrected chi connectivity index (χ2v) is 6.21. The molecule has 0 bridgehead atoms. The predicted molar refractivity (Wildman–Crippen MR) is 94.8 cm³/mol. The number of hydrogen-bond donors (Lipinski definition) is 1. The van der Waals surface area contributed by atoms with Gasteiger partial charge in [-0.1, -0.05) is 34.8 Å². The molecule has 0 saturated heterocycles. The summed E-state index contributed by atoms with van der Waals surface area (Å²) in [5.41, 5.74) is -0.398. The number of nitro groups is 1. The maximum atomic E-state index is 12.1. The van der Waals surface area contributed by atoms with Gasteiger partial charge in [-0.15, -0.1) is 0 Å². The van der Waals surface area contributed by atoms with Crippen molar-refractivity contribution in [3.63, 3.8) is 0 Å². The molecule has 10 heteroatoms.